The summed E-state index contributed by atoms with van der Waals surface area (Å²) < 4.78 is 32.9. The number of nitrogens with zero attached hydrogens (tertiary/aromatic N) is 1. The summed E-state index contributed by atoms with van der Waals surface area (Å²) in [5, 5.41) is 3.29. The average Bonchev–Trinajstić information content (AvgIpc) is 3.11. The van der Waals surface area contributed by atoms with E-state index in [2.05, 4.69) is 15.3 Å². The molecule has 0 saturated carbocycles. The average molecular weight is 293 g/mol. The molecule has 2 N–H and O–H groups in total. The monoisotopic (exact) mass is 293 g/mol. The lowest BCUT2D eigenvalue weighted by molar-refractivity contribution is 0.117. The van der Waals surface area contributed by atoms with Gasteiger partial charge < -0.3 is 15.0 Å². The quantitative estimate of drug-likeness (QED) is 0.915. The van der Waals surface area contributed by atoms with Crippen LogP contribution >= 0.6 is 0 Å². The number of hydrogen-bond donors (Lipinski definition) is 2. The summed E-state index contributed by atoms with van der Waals surface area (Å²) in [6.45, 7) is 2.29. The second-order valence-corrected chi connectivity index (χ2v) is 5.32. The second kappa shape index (κ2) is 5.54. The molecule has 3 rings (SSSR count). The SMILES string of the molecule is COC1CNC(c2ncc(-c3cc(F)c(C)cc3F)[nH]2)C1. The van der Waals surface area contributed by atoms with Crippen molar-refractivity contribution in [2.24, 2.45) is 0 Å². The third kappa shape index (κ3) is 2.69. The number of benzene rings is 1. The number of aromatic nitrogens is 2. The Morgan fingerprint density at radius 2 is 2.10 bits per heavy atom. The molecule has 6 heteroatoms. The molecule has 2 heterocycles. The zero-order chi connectivity index (χ0) is 15.0. The molecule has 21 heavy (non-hydrogen) atoms. The van der Waals surface area contributed by atoms with E-state index in [1.54, 1.807) is 7.11 Å². The highest BCUT2D eigenvalue weighted by Gasteiger charge is 2.27. The van der Waals surface area contributed by atoms with Gasteiger partial charge in [-0.1, -0.05) is 0 Å². The third-order valence-corrected chi connectivity index (χ3v) is 3.89. The Morgan fingerprint density at radius 1 is 1.29 bits per heavy atom. The van der Waals surface area contributed by atoms with Crippen LogP contribution in [0.4, 0.5) is 8.78 Å². The van der Waals surface area contributed by atoms with Crippen molar-refractivity contribution in [1.82, 2.24) is 15.3 Å². The fourth-order valence-corrected chi connectivity index (χ4v) is 2.59. The number of rotatable bonds is 3. The van der Waals surface area contributed by atoms with Gasteiger partial charge in [0.2, 0.25) is 0 Å². The van der Waals surface area contributed by atoms with E-state index in [1.165, 1.54) is 25.3 Å². The molecule has 0 radical (unpaired) electrons. The van der Waals surface area contributed by atoms with Gasteiger partial charge in [-0.15, -0.1) is 0 Å². The molecular weight excluding hydrogens is 276 g/mol. The smallest absolute Gasteiger partial charge is 0.133 e. The van der Waals surface area contributed by atoms with E-state index in [-0.39, 0.29) is 23.3 Å². The van der Waals surface area contributed by atoms with Crippen LogP contribution in [0, 0.1) is 18.6 Å². The van der Waals surface area contributed by atoms with Gasteiger partial charge in [-0.3, -0.25) is 0 Å². The predicted molar refractivity (Wildman–Crippen MR) is 74.8 cm³/mol. The molecule has 0 spiro atoms. The van der Waals surface area contributed by atoms with E-state index < -0.39 is 11.6 Å². The zero-order valence-electron chi connectivity index (χ0n) is 11.9. The molecule has 1 saturated heterocycles. The first-order valence-electron chi connectivity index (χ1n) is 6.85. The van der Waals surface area contributed by atoms with Gasteiger partial charge in [-0.25, -0.2) is 13.8 Å². The minimum atomic E-state index is -0.460. The van der Waals surface area contributed by atoms with Crippen molar-refractivity contribution in [3.63, 3.8) is 0 Å². The summed E-state index contributed by atoms with van der Waals surface area (Å²) in [7, 11) is 1.67. The highest BCUT2D eigenvalue weighted by Crippen LogP contribution is 2.27. The Bertz CT molecular complexity index is 656. The number of methoxy groups -OCH3 is 1. The van der Waals surface area contributed by atoms with Gasteiger partial charge in [0.15, 0.2) is 0 Å². The number of halogens is 2. The maximum atomic E-state index is 14.0. The van der Waals surface area contributed by atoms with Crippen LogP contribution in [0.15, 0.2) is 18.3 Å². The molecule has 0 amide bonds. The summed E-state index contributed by atoms with van der Waals surface area (Å²) in [5.41, 5.74) is 0.957. The predicted octanol–water partition coefficient (Wildman–Crippen LogP) is 2.71. The summed E-state index contributed by atoms with van der Waals surface area (Å²) in [4.78, 5) is 7.34. The first-order valence-corrected chi connectivity index (χ1v) is 6.85. The number of aryl methyl sites for hydroxylation is 1. The lowest BCUT2D eigenvalue weighted by Gasteiger charge is -2.07. The van der Waals surface area contributed by atoms with Gasteiger partial charge in [0.1, 0.15) is 17.5 Å². The van der Waals surface area contributed by atoms with Crippen LogP contribution in [-0.4, -0.2) is 29.7 Å². The van der Waals surface area contributed by atoms with Crippen LogP contribution in [0.25, 0.3) is 11.3 Å². The molecule has 2 unspecified atom stereocenters. The number of nitrogens with one attached hydrogen (secondary N) is 2. The van der Waals surface area contributed by atoms with Crippen LogP contribution in [0.5, 0.6) is 0 Å². The Hall–Kier alpha value is -1.79. The standard InChI is InChI=1S/C15H17F2N3O/c1-8-3-12(17)10(5-11(8)16)14-7-19-15(20-14)13-4-9(21-2)6-18-13/h3,5,7,9,13,18H,4,6H2,1-2H3,(H,19,20). The molecule has 1 fully saturated rings. The fraction of sp³-hybridized carbons (Fsp3) is 0.400. The zero-order valence-corrected chi connectivity index (χ0v) is 11.9. The molecule has 1 aliphatic heterocycles. The van der Waals surface area contributed by atoms with Crippen LogP contribution in [0.2, 0.25) is 0 Å². The largest absolute Gasteiger partial charge is 0.380 e. The van der Waals surface area contributed by atoms with E-state index in [1.807, 2.05) is 0 Å². The van der Waals surface area contributed by atoms with E-state index in [4.69, 9.17) is 4.74 Å². The number of aromatic amines is 1. The third-order valence-electron chi connectivity index (χ3n) is 3.89. The lowest BCUT2D eigenvalue weighted by Crippen LogP contribution is -2.16. The van der Waals surface area contributed by atoms with Crippen molar-refractivity contribution in [3.05, 3.63) is 41.4 Å². The molecule has 112 valence electrons. The van der Waals surface area contributed by atoms with Crippen LogP contribution in [0.3, 0.4) is 0 Å². The molecule has 0 aliphatic carbocycles. The topological polar surface area (TPSA) is 49.9 Å². The minimum absolute atomic E-state index is 0.0436. The van der Waals surface area contributed by atoms with E-state index >= 15 is 0 Å². The van der Waals surface area contributed by atoms with E-state index in [9.17, 15) is 8.78 Å². The van der Waals surface area contributed by atoms with Crippen molar-refractivity contribution >= 4 is 0 Å². The van der Waals surface area contributed by atoms with Gasteiger partial charge in [0.25, 0.3) is 0 Å². The van der Waals surface area contributed by atoms with Gasteiger partial charge in [0, 0.05) is 19.2 Å². The molecule has 1 aromatic heterocycles. The molecule has 1 aliphatic rings. The normalized spacial score (nSPS) is 21.9. The Kier molecular flexibility index (Phi) is 3.73. The summed E-state index contributed by atoms with van der Waals surface area (Å²) in [5.74, 6) is -0.177. The van der Waals surface area contributed by atoms with Crippen molar-refractivity contribution in [2.75, 3.05) is 13.7 Å². The van der Waals surface area contributed by atoms with Crippen LogP contribution in [-0.2, 0) is 4.74 Å². The summed E-state index contributed by atoms with van der Waals surface area (Å²) in [6.07, 6.45) is 2.48. The Labute approximate surface area is 121 Å². The highest BCUT2D eigenvalue weighted by molar-refractivity contribution is 5.60. The minimum Gasteiger partial charge on any atom is -0.380 e. The highest BCUT2D eigenvalue weighted by atomic mass is 19.1. The molecule has 4 nitrogen and oxygen atoms in total. The number of hydrogen-bond acceptors (Lipinski definition) is 3. The summed E-state index contributed by atoms with van der Waals surface area (Å²) >= 11 is 0. The van der Waals surface area contributed by atoms with Crippen molar-refractivity contribution in [1.29, 1.82) is 0 Å². The number of imidazole rings is 1. The fourth-order valence-electron chi connectivity index (χ4n) is 2.59. The van der Waals surface area contributed by atoms with Crippen molar-refractivity contribution in [3.8, 4) is 11.3 Å². The molecule has 2 aromatic rings. The Morgan fingerprint density at radius 3 is 2.81 bits per heavy atom. The molecular formula is C15H17F2N3O. The van der Waals surface area contributed by atoms with Gasteiger partial charge in [0.05, 0.1) is 24.0 Å². The summed E-state index contributed by atoms with van der Waals surface area (Å²) in [6, 6.07) is 2.43. The van der Waals surface area contributed by atoms with Crippen LogP contribution < -0.4 is 5.32 Å². The number of H-pyrrole nitrogens is 1. The lowest BCUT2D eigenvalue weighted by atomic mass is 10.1. The molecule has 0 bridgehead atoms. The van der Waals surface area contributed by atoms with E-state index in [0.29, 0.717) is 11.5 Å². The first-order chi connectivity index (χ1) is 10.1. The maximum Gasteiger partial charge on any atom is 0.133 e. The first kappa shape index (κ1) is 14.2. The molecule has 2 atom stereocenters. The maximum absolute atomic E-state index is 14.0. The number of ether oxygens (including phenoxy) is 1. The van der Waals surface area contributed by atoms with Gasteiger partial charge in [-0.05, 0) is 31.0 Å². The van der Waals surface area contributed by atoms with Gasteiger partial charge in [-0.2, -0.15) is 0 Å². The van der Waals surface area contributed by atoms with Crippen LogP contribution in [0.1, 0.15) is 23.9 Å². The van der Waals surface area contributed by atoms with Gasteiger partial charge >= 0.3 is 0 Å². The van der Waals surface area contributed by atoms with Crippen molar-refractivity contribution in [2.45, 2.75) is 25.5 Å². The van der Waals surface area contributed by atoms with E-state index in [0.717, 1.165) is 13.0 Å². The van der Waals surface area contributed by atoms with Crippen molar-refractivity contribution < 1.29 is 13.5 Å². The molecule has 1 aromatic carbocycles. The Balaban J connectivity index is 1.87. The second-order valence-electron chi connectivity index (χ2n) is 5.32.